The lowest BCUT2D eigenvalue weighted by Gasteiger charge is -2.33. The van der Waals surface area contributed by atoms with E-state index in [1.165, 1.54) is 23.1 Å². The summed E-state index contributed by atoms with van der Waals surface area (Å²) in [6, 6.07) is 0.761. The lowest BCUT2D eigenvalue weighted by atomic mass is 9.75. The lowest BCUT2D eigenvalue weighted by Crippen LogP contribution is -2.34. The molecule has 36 heavy (non-hydrogen) atoms. The highest BCUT2D eigenvalue weighted by Gasteiger charge is 2.37. The molecule has 2 aliphatic carbocycles. The number of halogens is 1. The van der Waals surface area contributed by atoms with E-state index < -0.39 is 5.60 Å². The van der Waals surface area contributed by atoms with E-state index in [2.05, 4.69) is 40.7 Å². The fourth-order valence-corrected chi connectivity index (χ4v) is 6.37. The van der Waals surface area contributed by atoms with Crippen LogP contribution in [0.5, 0.6) is 0 Å². The first-order valence-electron chi connectivity index (χ1n) is 13.9. The summed E-state index contributed by atoms with van der Waals surface area (Å²) < 4.78 is 6.27. The molecular weight excluding hydrogens is 470 g/mol. The Bertz CT molecular complexity index is 1000. The van der Waals surface area contributed by atoms with Crippen LogP contribution in [0.15, 0.2) is 62.9 Å². The third-order valence-electron chi connectivity index (χ3n) is 8.52. The Kier molecular flexibility index (Phi) is 8.21. The van der Waals surface area contributed by atoms with Gasteiger partial charge in [-0.25, -0.2) is 0 Å². The number of fused-ring (bicyclic) bond motifs is 1. The van der Waals surface area contributed by atoms with Gasteiger partial charge in [-0.05, 0) is 94.9 Å². The molecule has 0 bridgehead atoms. The van der Waals surface area contributed by atoms with Crippen molar-refractivity contribution in [2.24, 2.45) is 16.8 Å². The molecule has 4 atom stereocenters. The van der Waals surface area contributed by atoms with Gasteiger partial charge in [-0.15, -0.1) is 0 Å². The highest BCUT2D eigenvalue weighted by molar-refractivity contribution is 6.29. The standard InChI is InChI=1S/C30H42ClN3O2/c1-30(2,35)22-9-12-29-27(17-22)25(26-5-3-14-32-28(26)20-36-29)6-4-15-34-16-13-24(19-34)33-18-21-7-10-23(31)11-8-21/h6-7,9-10,12,14,22,24,26,28,33,35H,3-5,8,11,13,15-20H2,1-2H3/b25-6+/t22?,24-,26?,28?/m0/s1. The van der Waals surface area contributed by atoms with Crippen LogP contribution in [0.1, 0.15) is 58.8 Å². The minimum Gasteiger partial charge on any atom is -0.491 e. The molecule has 2 N–H and O–H groups in total. The second-order valence-electron chi connectivity index (χ2n) is 11.6. The summed E-state index contributed by atoms with van der Waals surface area (Å²) in [6.45, 7) is 8.80. The molecule has 5 rings (SSSR count). The van der Waals surface area contributed by atoms with E-state index in [9.17, 15) is 5.11 Å². The molecule has 5 aliphatic rings. The second-order valence-corrected chi connectivity index (χ2v) is 12.1. The van der Waals surface area contributed by atoms with E-state index in [1.807, 2.05) is 19.9 Å². The third kappa shape index (κ3) is 6.24. The zero-order chi connectivity index (χ0) is 25.1. The molecule has 1 fully saturated rings. The summed E-state index contributed by atoms with van der Waals surface area (Å²) in [7, 11) is 0. The number of hydrogen-bond acceptors (Lipinski definition) is 5. The first-order chi connectivity index (χ1) is 17.4. The summed E-state index contributed by atoms with van der Waals surface area (Å²) in [5.74, 6) is 1.50. The molecule has 1 saturated heterocycles. The Labute approximate surface area is 221 Å². The number of rotatable bonds is 7. The number of allylic oxidation sites excluding steroid dienone is 5. The first kappa shape index (κ1) is 26.0. The molecule has 0 aromatic heterocycles. The topological polar surface area (TPSA) is 57.1 Å². The van der Waals surface area contributed by atoms with Crippen molar-refractivity contribution >= 4 is 17.8 Å². The molecule has 0 aromatic rings. The van der Waals surface area contributed by atoms with Crippen LogP contribution in [0.3, 0.4) is 0 Å². The van der Waals surface area contributed by atoms with Crippen molar-refractivity contribution in [2.45, 2.75) is 76.5 Å². The van der Waals surface area contributed by atoms with Crippen molar-refractivity contribution in [3.05, 3.63) is 57.9 Å². The number of nitrogens with one attached hydrogen (secondary N) is 1. The van der Waals surface area contributed by atoms with Gasteiger partial charge >= 0.3 is 0 Å². The summed E-state index contributed by atoms with van der Waals surface area (Å²) in [5.41, 5.74) is 3.43. The molecule has 5 nitrogen and oxygen atoms in total. The van der Waals surface area contributed by atoms with Gasteiger partial charge in [0, 0.05) is 42.5 Å². The van der Waals surface area contributed by atoms with Crippen LogP contribution in [0.25, 0.3) is 0 Å². The fourth-order valence-electron chi connectivity index (χ4n) is 6.21. The maximum Gasteiger partial charge on any atom is 0.122 e. The number of hydrogen-bond donors (Lipinski definition) is 2. The SMILES string of the molecule is CC(C)(O)C1C=CC2=C(C1)/C(=C/CCN1CC[C@H](NCC3=CC=C(Cl)CC3)C1)C1CCC=NC1CO2. The van der Waals surface area contributed by atoms with Gasteiger partial charge < -0.3 is 20.1 Å². The minimum absolute atomic E-state index is 0.100. The monoisotopic (exact) mass is 511 g/mol. The Balaban J connectivity index is 1.22. The number of aliphatic hydroxyl groups is 1. The molecule has 3 aliphatic heterocycles. The largest absolute Gasteiger partial charge is 0.491 e. The van der Waals surface area contributed by atoms with Gasteiger partial charge in [0.15, 0.2) is 0 Å². The van der Waals surface area contributed by atoms with Crippen LogP contribution < -0.4 is 5.32 Å². The summed E-state index contributed by atoms with van der Waals surface area (Å²) >= 11 is 6.10. The average molecular weight is 512 g/mol. The maximum atomic E-state index is 10.7. The van der Waals surface area contributed by atoms with Gasteiger partial charge in [-0.2, -0.15) is 0 Å². The zero-order valence-electron chi connectivity index (χ0n) is 21.9. The average Bonchev–Trinajstić information content (AvgIpc) is 3.26. The Hall–Kier alpha value is -1.66. The Morgan fingerprint density at radius 3 is 2.97 bits per heavy atom. The van der Waals surface area contributed by atoms with Gasteiger partial charge in [0.05, 0.1) is 11.6 Å². The molecule has 196 valence electrons. The predicted molar refractivity (Wildman–Crippen MR) is 148 cm³/mol. The first-order valence-corrected chi connectivity index (χ1v) is 14.2. The van der Waals surface area contributed by atoms with Crippen LogP contribution in [0.2, 0.25) is 0 Å². The van der Waals surface area contributed by atoms with Crippen LogP contribution in [0, 0.1) is 11.8 Å². The van der Waals surface area contributed by atoms with Crippen molar-refractivity contribution in [2.75, 3.05) is 32.8 Å². The maximum absolute atomic E-state index is 10.7. The number of nitrogens with zero attached hydrogens (tertiary/aromatic N) is 2. The third-order valence-corrected chi connectivity index (χ3v) is 8.83. The van der Waals surface area contributed by atoms with Gasteiger partial charge in [0.2, 0.25) is 0 Å². The van der Waals surface area contributed by atoms with Crippen LogP contribution in [0.4, 0.5) is 0 Å². The normalized spacial score (nSPS) is 32.1. The van der Waals surface area contributed by atoms with Crippen molar-refractivity contribution in [1.82, 2.24) is 10.2 Å². The lowest BCUT2D eigenvalue weighted by molar-refractivity contribution is 0.0358. The van der Waals surface area contributed by atoms with Gasteiger partial charge in [0.25, 0.3) is 0 Å². The smallest absolute Gasteiger partial charge is 0.122 e. The van der Waals surface area contributed by atoms with Crippen LogP contribution >= 0.6 is 11.6 Å². The van der Waals surface area contributed by atoms with E-state index in [0.29, 0.717) is 18.6 Å². The summed E-state index contributed by atoms with van der Waals surface area (Å²) in [6.07, 6.45) is 20.3. The molecule has 0 aromatic carbocycles. The highest BCUT2D eigenvalue weighted by atomic mass is 35.5. The highest BCUT2D eigenvalue weighted by Crippen LogP contribution is 2.43. The van der Waals surface area contributed by atoms with E-state index in [1.54, 1.807) is 0 Å². The second kappa shape index (κ2) is 11.4. The van der Waals surface area contributed by atoms with E-state index in [0.717, 1.165) is 75.5 Å². The Morgan fingerprint density at radius 1 is 1.28 bits per heavy atom. The van der Waals surface area contributed by atoms with Crippen LogP contribution in [-0.4, -0.2) is 66.7 Å². The van der Waals surface area contributed by atoms with Gasteiger partial charge in [-0.1, -0.05) is 35.4 Å². The molecule has 0 amide bonds. The minimum atomic E-state index is -0.746. The van der Waals surface area contributed by atoms with E-state index in [4.69, 9.17) is 21.3 Å². The van der Waals surface area contributed by atoms with Crippen molar-refractivity contribution in [3.63, 3.8) is 0 Å². The predicted octanol–water partition coefficient (Wildman–Crippen LogP) is 5.29. The van der Waals surface area contributed by atoms with Crippen molar-refractivity contribution in [1.29, 1.82) is 0 Å². The quantitative estimate of drug-likeness (QED) is 0.487. The van der Waals surface area contributed by atoms with Crippen molar-refractivity contribution < 1.29 is 9.84 Å². The van der Waals surface area contributed by atoms with E-state index in [-0.39, 0.29) is 12.0 Å². The fraction of sp³-hybridized carbons (Fsp3) is 0.633. The number of likely N-dealkylation sites (tertiary alicyclic amines) is 1. The molecular formula is C30H42ClN3O2. The summed E-state index contributed by atoms with van der Waals surface area (Å²) in [4.78, 5) is 7.42. The Morgan fingerprint density at radius 2 is 2.17 bits per heavy atom. The molecule has 0 saturated carbocycles. The molecule has 3 heterocycles. The molecule has 0 spiro atoms. The number of ether oxygens (including phenoxy) is 1. The molecule has 6 heteroatoms. The number of aliphatic imine (C=N–C) groups is 1. The zero-order valence-corrected chi connectivity index (χ0v) is 22.6. The van der Waals surface area contributed by atoms with Crippen LogP contribution in [-0.2, 0) is 4.74 Å². The summed E-state index contributed by atoms with van der Waals surface area (Å²) in [5, 5.41) is 15.5. The van der Waals surface area contributed by atoms with Gasteiger partial charge in [-0.3, -0.25) is 4.99 Å². The van der Waals surface area contributed by atoms with Crippen molar-refractivity contribution in [3.8, 4) is 0 Å². The molecule has 0 radical (unpaired) electrons. The molecule has 3 unspecified atom stereocenters. The van der Waals surface area contributed by atoms with E-state index >= 15 is 0 Å². The van der Waals surface area contributed by atoms with Gasteiger partial charge in [0.1, 0.15) is 12.4 Å².